The van der Waals surface area contributed by atoms with Gasteiger partial charge in [0.25, 0.3) is 0 Å². The van der Waals surface area contributed by atoms with E-state index in [0.717, 1.165) is 42.5 Å². The van der Waals surface area contributed by atoms with Gasteiger partial charge in [-0.1, -0.05) is 44.2 Å². The molecule has 0 saturated carbocycles. The van der Waals surface area contributed by atoms with Crippen molar-refractivity contribution in [2.75, 3.05) is 32.8 Å². The van der Waals surface area contributed by atoms with E-state index in [4.69, 9.17) is 4.74 Å². The second-order valence-corrected chi connectivity index (χ2v) is 8.14. The molecular formula is C20H28N4O2S. The summed E-state index contributed by atoms with van der Waals surface area (Å²) in [5.41, 5.74) is 2.03. The predicted octanol–water partition coefficient (Wildman–Crippen LogP) is 2.97. The van der Waals surface area contributed by atoms with E-state index in [1.165, 1.54) is 0 Å². The molecule has 2 heterocycles. The lowest BCUT2D eigenvalue weighted by atomic mass is 10.2. The Morgan fingerprint density at radius 3 is 2.93 bits per heavy atom. The number of nitrogens with zero attached hydrogens (tertiary/aromatic N) is 2. The fraction of sp³-hybridized carbons (Fsp3) is 0.500. The molecule has 0 bridgehead atoms. The summed E-state index contributed by atoms with van der Waals surface area (Å²) < 4.78 is 5.76. The molecule has 0 aliphatic carbocycles. The molecule has 2 N–H and O–H groups in total. The Labute approximate surface area is 164 Å². The number of aromatic nitrogens is 1. The topological polar surface area (TPSA) is 66.5 Å². The van der Waals surface area contributed by atoms with Crippen LogP contribution in [0.5, 0.6) is 0 Å². The molecule has 0 radical (unpaired) electrons. The van der Waals surface area contributed by atoms with Gasteiger partial charge >= 0.3 is 6.03 Å². The third-order valence-corrected chi connectivity index (χ3v) is 5.21. The molecule has 3 rings (SSSR count). The standard InChI is InChI=1S/C20H28N4O2S/c1-15(2)12-24-8-9-26-17(13-24)10-21-20(25)22-11-19-23-18(14-27-19)16-6-4-3-5-7-16/h3-7,14-15,17H,8-13H2,1-2H3,(H2,21,22,25). The van der Waals surface area contributed by atoms with Crippen LogP contribution in [0, 0.1) is 5.92 Å². The van der Waals surface area contributed by atoms with Gasteiger partial charge in [0.2, 0.25) is 0 Å². The first-order valence-electron chi connectivity index (χ1n) is 9.45. The van der Waals surface area contributed by atoms with Gasteiger partial charge in [-0.2, -0.15) is 0 Å². The number of ether oxygens (including phenoxy) is 1. The number of benzene rings is 1. The monoisotopic (exact) mass is 388 g/mol. The molecule has 7 heteroatoms. The molecule has 146 valence electrons. The van der Waals surface area contributed by atoms with E-state index in [1.807, 2.05) is 35.7 Å². The zero-order valence-electron chi connectivity index (χ0n) is 16.0. The first-order chi connectivity index (χ1) is 13.1. The van der Waals surface area contributed by atoms with E-state index in [-0.39, 0.29) is 12.1 Å². The quantitative estimate of drug-likeness (QED) is 0.765. The average molecular weight is 389 g/mol. The van der Waals surface area contributed by atoms with Crippen LogP contribution in [0.2, 0.25) is 0 Å². The number of urea groups is 1. The minimum absolute atomic E-state index is 0.0489. The predicted molar refractivity (Wildman–Crippen MR) is 109 cm³/mol. The molecule has 0 spiro atoms. The Kier molecular flexibility index (Phi) is 7.20. The van der Waals surface area contributed by atoms with Crippen molar-refractivity contribution >= 4 is 17.4 Å². The molecule has 1 aliphatic heterocycles. The maximum Gasteiger partial charge on any atom is 0.315 e. The minimum Gasteiger partial charge on any atom is -0.374 e. The van der Waals surface area contributed by atoms with Gasteiger partial charge in [-0.25, -0.2) is 9.78 Å². The van der Waals surface area contributed by atoms with Crippen LogP contribution in [-0.4, -0.2) is 54.8 Å². The first-order valence-corrected chi connectivity index (χ1v) is 10.3. The van der Waals surface area contributed by atoms with Crippen LogP contribution in [0.4, 0.5) is 4.79 Å². The second kappa shape index (κ2) is 9.82. The molecule has 1 saturated heterocycles. The number of hydrogen-bond acceptors (Lipinski definition) is 5. The lowest BCUT2D eigenvalue weighted by Gasteiger charge is -2.33. The summed E-state index contributed by atoms with van der Waals surface area (Å²) in [5.74, 6) is 0.638. The molecule has 1 aliphatic rings. The van der Waals surface area contributed by atoms with E-state index < -0.39 is 0 Å². The van der Waals surface area contributed by atoms with E-state index in [9.17, 15) is 4.79 Å². The van der Waals surface area contributed by atoms with Gasteiger partial charge < -0.3 is 15.4 Å². The number of thiazole rings is 1. The Morgan fingerprint density at radius 1 is 1.33 bits per heavy atom. The minimum atomic E-state index is -0.184. The molecule has 1 aromatic carbocycles. The van der Waals surface area contributed by atoms with Gasteiger partial charge in [0.15, 0.2) is 0 Å². The maximum absolute atomic E-state index is 12.1. The van der Waals surface area contributed by atoms with Crippen LogP contribution in [0.3, 0.4) is 0 Å². The molecule has 1 aromatic heterocycles. The molecular weight excluding hydrogens is 360 g/mol. The van der Waals surface area contributed by atoms with Crippen molar-refractivity contribution in [1.82, 2.24) is 20.5 Å². The summed E-state index contributed by atoms with van der Waals surface area (Å²) in [4.78, 5) is 19.1. The van der Waals surface area contributed by atoms with Crippen LogP contribution in [0.1, 0.15) is 18.9 Å². The van der Waals surface area contributed by atoms with Crippen molar-refractivity contribution in [3.8, 4) is 11.3 Å². The fourth-order valence-corrected chi connectivity index (χ4v) is 3.89. The largest absolute Gasteiger partial charge is 0.374 e. The van der Waals surface area contributed by atoms with Crippen molar-refractivity contribution < 1.29 is 9.53 Å². The number of hydrogen-bond donors (Lipinski definition) is 2. The zero-order valence-corrected chi connectivity index (χ0v) is 16.8. The van der Waals surface area contributed by atoms with Crippen LogP contribution < -0.4 is 10.6 Å². The van der Waals surface area contributed by atoms with E-state index in [2.05, 4.69) is 34.4 Å². The maximum atomic E-state index is 12.1. The van der Waals surface area contributed by atoms with Gasteiger partial charge in [-0.15, -0.1) is 11.3 Å². The molecule has 2 amide bonds. The van der Waals surface area contributed by atoms with Crippen molar-refractivity contribution in [3.05, 3.63) is 40.7 Å². The Hall–Kier alpha value is -1.96. The number of nitrogens with one attached hydrogen (secondary N) is 2. The van der Waals surface area contributed by atoms with E-state index in [1.54, 1.807) is 11.3 Å². The normalized spacial score (nSPS) is 17.8. The summed E-state index contributed by atoms with van der Waals surface area (Å²) in [6.45, 7) is 9.01. The molecule has 2 aromatic rings. The lowest BCUT2D eigenvalue weighted by molar-refractivity contribution is -0.0290. The molecule has 1 unspecified atom stereocenters. The lowest BCUT2D eigenvalue weighted by Crippen LogP contribution is -2.49. The summed E-state index contributed by atoms with van der Waals surface area (Å²) in [6, 6.07) is 9.86. The Morgan fingerprint density at radius 2 is 2.15 bits per heavy atom. The highest BCUT2D eigenvalue weighted by Gasteiger charge is 2.21. The van der Waals surface area contributed by atoms with Crippen LogP contribution >= 0.6 is 11.3 Å². The molecule has 1 fully saturated rings. The Balaban J connectivity index is 1.39. The van der Waals surface area contributed by atoms with Crippen LogP contribution in [0.15, 0.2) is 35.7 Å². The van der Waals surface area contributed by atoms with Gasteiger partial charge in [-0.3, -0.25) is 4.90 Å². The zero-order chi connectivity index (χ0) is 19.1. The number of carbonyl (C=O) groups is 1. The number of amides is 2. The van der Waals surface area contributed by atoms with Crippen LogP contribution in [-0.2, 0) is 11.3 Å². The van der Waals surface area contributed by atoms with Gasteiger partial charge in [0.05, 0.1) is 24.9 Å². The van der Waals surface area contributed by atoms with Crippen molar-refractivity contribution in [3.63, 3.8) is 0 Å². The highest BCUT2D eigenvalue weighted by atomic mass is 32.1. The first kappa shape index (κ1) is 19.8. The fourth-order valence-electron chi connectivity index (χ4n) is 3.14. The molecule has 1 atom stereocenters. The highest BCUT2D eigenvalue weighted by Crippen LogP contribution is 2.21. The Bertz CT molecular complexity index is 720. The summed E-state index contributed by atoms with van der Waals surface area (Å²) >= 11 is 1.55. The number of morpholine rings is 1. The van der Waals surface area contributed by atoms with Crippen molar-refractivity contribution in [2.45, 2.75) is 26.5 Å². The van der Waals surface area contributed by atoms with E-state index in [0.29, 0.717) is 19.0 Å². The summed E-state index contributed by atoms with van der Waals surface area (Å²) in [6.07, 6.45) is 0.0489. The van der Waals surface area contributed by atoms with Crippen molar-refractivity contribution in [1.29, 1.82) is 0 Å². The van der Waals surface area contributed by atoms with Crippen molar-refractivity contribution in [2.24, 2.45) is 5.92 Å². The van der Waals surface area contributed by atoms with Crippen LogP contribution in [0.25, 0.3) is 11.3 Å². The number of rotatable bonds is 7. The summed E-state index contributed by atoms with van der Waals surface area (Å²) in [7, 11) is 0. The average Bonchev–Trinajstić information content (AvgIpc) is 3.14. The second-order valence-electron chi connectivity index (χ2n) is 7.20. The molecule has 27 heavy (non-hydrogen) atoms. The van der Waals surface area contributed by atoms with Gasteiger partial charge in [-0.05, 0) is 5.92 Å². The van der Waals surface area contributed by atoms with Gasteiger partial charge in [0, 0.05) is 37.1 Å². The van der Waals surface area contributed by atoms with Gasteiger partial charge in [0.1, 0.15) is 5.01 Å². The number of carbonyl (C=O) groups excluding carboxylic acids is 1. The summed E-state index contributed by atoms with van der Waals surface area (Å²) in [5, 5.41) is 8.69. The third-order valence-electron chi connectivity index (χ3n) is 4.36. The third kappa shape index (κ3) is 6.30. The van der Waals surface area contributed by atoms with E-state index >= 15 is 0 Å². The molecule has 6 nitrogen and oxygen atoms in total. The smallest absolute Gasteiger partial charge is 0.315 e. The SMILES string of the molecule is CC(C)CN1CCOC(CNC(=O)NCc2nc(-c3ccccc3)cs2)C1. The highest BCUT2D eigenvalue weighted by molar-refractivity contribution is 7.09.